The van der Waals surface area contributed by atoms with Gasteiger partial charge < -0.3 is 10.2 Å². The van der Waals surface area contributed by atoms with Crippen molar-refractivity contribution in [2.75, 3.05) is 10.2 Å². The van der Waals surface area contributed by atoms with Crippen molar-refractivity contribution in [3.05, 3.63) is 101 Å². The topological polar surface area (TPSA) is 66.5 Å². The number of nitrogens with one attached hydrogen (secondary N) is 1. The van der Waals surface area contributed by atoms with Gasteiger partial charge in [-0.3, -0.25) is 14.4 Å². The Morgan fingerprint density at radius 1 is 1.00 bits per heavy atom. The predicted molar refractivity (Wildman–Crippen MR) is 127 cm³/mol. The summed E-state index contributed by atoms with van der Waals surface area (Å²) in [5.74, 6) is -2.16. The number of hydrogen-bond acceptors (Lipinski definition) is 4. The first kappa shape index (κ1) is 20.5. The first-order chi connectivity index (χ1) is 16.4. The number of carbonyl (C=O) groups is 3. The van der Waals surface area contributed by atoms with Gasteiger partial charge in [-0.2, -0.15) is 0 Å². The van der Waals surface area contributed by atoms with Crippen LogP contribution in [0.2, 0.25) is 0 Å². The number of amides is 1. The van der Waals surface area contributed by atoms with Crippen LogP contribution in [-0.2, 0) is 15.0 Å². The van der Waals surface area contributed by atoms with E-state index in [1.54, 1.807) is 36.4 Å². The Morgan fingerprint density at radius 2 is 1.74 bits per heavy atom. The molecule has 0 radical (unpaired) electrons. The fourth-order valence-electron chi connectivity index (χ4n) is 6.09. The SMILES string of the molecule is CC(=O)[C@@H]1[C@H](C(=O)c2ccccc2)[C@@]2(C(=O)Nc3ccccc32)[C@H]2C=Cc3cc(F)ccc3N12. The molecule has 5 nitrogen and oxygen atoms in total. The molecule has 1 N–H and O–H groups in total. The molecule has 0 aromatic heterocycles. The van der Waals surface area contributed by atoms with Gasteiger partial charge in [0.2, 0.25) is 5.91 Å². The van der Waals surface area contributed by atoms with E-state index >= 15 is 0 Å². The molecule has 6 rings (SSSR count). The summed E-state index contributed by atoms with van der Waals surface area (Å²) in [6.45, 7) is 1.45. The third-order valence-corrected chi connectivity index (χ3v) is 7.35. The van der Waals surface area contributed by atoms with Crippen molar-refractivity contribution in [3.63, 3.8) is 0 Å². The molecule has 0 bridgehead atoms. The molecule has 0 aliphatic carbocycles. The Balaban J connectivity index is 1.67. The van der Waals surface area contributed by atoms with Crippen LogP contribution >= 0.6 is 0 Å². The minimum Gasteiger partial charge on any atom is -0.352 e. The van der Waals surface area contributed by atoms with E-state index in [0.29, 0.717) is 28.1 Å². The molecule has 3 aromatic rings. The van der Waals surface area contributed by atoms with Crippen LogP contribution in [0.3, 0.4) is 0 Å². The molecular formula is C28H21FN2O3. The van der Waals surface area contributed by atoms with Crippen molar-refractivity contribution in [2.45, 2.75) is 24.4 Å². The van der Waals surface area contributed by atoms with Crippen LogP contribution in [0.25, 0.3) is 6.08 Å². The number of anilines is 2. The lowest BCUT2D eigenvalue weighted by atomic mass is 9.64. The number of nitrogens with zero attached hydrogens (tertiary/aromatic N) is 1. The summed E-state index contributed by atoms with van der Waals surface area (Å²) >= 11 is 0. The van der Waals surface area contributed by atoms with Gasteiger partial charge in [-0.05, 0) is 36.8 Å². The van der Waals surface area contributed by atoms with E-state index in [1.807, 2.05) is 41.3 Å². The molecule has 1 amide bonds. The van der Waals surface area contributed by atoms with Gasteiger partial charge in [-0.25, -0.2) is 4.39 Å². The van der Waals surface area contributed by atoms with Gasteiger partial charge in [0.1, 0.15) is 11.2 Å². The number of benzene rings is 3. The lowest BCUT2D eigenvalue weighted by molar-refractivity contribution is -0.122. The van der Waals surface area contributed by atoms with Gasteiger partial charge in [-0.15, -0.1) is 0 Å². The van der Waals surface area contributed by atoms with E-state index in [0.717, 1.165) is 0 Å². The zero-order valence-corrected chi connectivity index (χ0v) is 18.4. The molecule has 0 saturated carbocycles. The second kappa shape index (κ2) is 7.22. The highest BCUT2D eigenvalue weighted by Gasteiger charge is 2.69. The molecule has 3 aromatic carbocycles. The largest absolute Gasteiger partial charge is 0.352 e. The van der Waals surface area contributed by atoms with Crippen molar-refractivity contribution < 1.29 is 18.8 Å². The van der Waals surface area contributed by atoms with E-state index in [1.165, 1.54) is 19.1 Å². The van der Waals surface area contributed by atoms with Gasteiger partial charge in [0, 0.05) is 22.5 Å². The van der Waals surface area contributed by atoms with Gasteiger partial charge in [-0.1, -0.05) is 60.7 Å². The van der Waals surface area contributed by atoms with Crippen LogP contribution in [0.5, 0.6) is 0 Å². The van der Waals surface area contributed by atoms with E-state index in [9.17, 15) is 18.8 Å². The molecule has 6 heteroatoms. The summed E-state index contributed by atoms with van der Waals surface area (Å²) in [5, 5.41) is 2.97. The minimum absolute atomic E-state index is 0.223. The summed E-state index contributed by atoms with van der Waals surface area (Å²) in [7, 11) is 0. The lowest BCUT2D eigenvalue weighted by Gasteiger charge is -2.37. The quantitative estimate of drug-likeness (QED) is 0.599. The molecular weight excluding hydrogens is 431 g/mol. The summed E-state index contributed by atoms with van der Waals surface area (Å²) < 4.78 is 14.0. The van der Waals surface area contributed by atoms with E-state index in [2.05, 4.69) is 5.32 Å². The maximum atomic E-state index is 14.1. The number of halogens is 1. The molecule has 1 spiro atoms. The van der Waals surface area contributed by atoms with Crippen molar-refractivity contribution in [1.29, 1.82) is 0 Å². The Kier molecular flexibility index (Phi) is 4.36. The number of carbonyl (C=O) groups excluding carboxylic acids is 3. The van der Waals surface area contributed by atoms with E-state index in [-0.39, 0.29) is 17.5 Å². The molecule has 1 fully saturated rings. The highest BCUT2D eigenvalue weighted by atomic mass is 19.1. The predicted octanol–water partition coefficient (Wildman–Crippen LogP) is 4.39. The highest BCUT2D eigenvalue weighted by molar-refractivity contribution is 6.16. The molecule has 168 valence electrons. The average molecular weight is 452 g/mol. The zero-order valence-electron chi connectivity index (χ0n) is 18.4. The highest BCUT2D eigenvalue weighted by Crippen LogP contribution is 2.57. The number of Topliss-reactive ketones (excluding diaryl/α,β-unsaturated/α-hetero) is 2. The van der Waals surface area contributed by atoms with Gasteiger partial charge >= 0.3 is 0 Å². The third kappa shape index (κ3) is 2.56. The Bertz CT molecular complexity index is 1400. The number of ketones is 2. The van der Waals surface area contributed by atoms with Crippen molar-refractivity contribution >= 4 is 34.9 Å². The standard InChI is InChI=1S/C28H21FN2O3/c1-16(32)25-24(26(33)17-7-3-2-4-8-17)28(20-9-5-6-10-21(20)30-27(28)34)23-14-11-18-15-19(29)12-13-22(18)31(23)25/h2-15,23-25H,1H3,(H,30,34)/t23-,24-,25-,28+/m1/s1. The minimum atomic E-state index is -1.32. The summed E-state index contributed by atoms with van der Waals surface area (Å²) in [4.78, 5) is 43.2. The monoisotopic (exact) mass is 452 g/mol. The molecule has 0 unspecified atom stereocenters. The zero-order chi connectivity index (χ0) is 23.6. The van der Waals surface area contributed by atoms with Gasteiger partial charge in [0.15, 0.2) is 11.6 Å². The maximum absolute atomic E-state index is 14.1. The van der Waals surface area contributed by atoms with Crippen LogP contribution < -0.4 is 10.2 Å². The Hall–Kier alpha value is -4.06. The Labute approximate surface area is 195 Å². The Morgan fingerprint density at radius 3 is 2.50 bits per heavy atom. The van der Waals surface area contributed by atoms with Crippen LogP contribution in [0.15, 0.2) is 78.9 Å². The first-order valence-corrected chi connectivity index (χ1v) is 11.2. The second-order valence-corrected chi connectivity index (χ2v) is 9.05. The third-order valence-electron chi connectivity index (χ3n) is 7.35. The first-order valence-electron chi connectivity index (χ1n) is 11.2. The second-order valence-electron chi connectivity index (χ2n) is 9.05. The van der Waals surface area contributed by atoms with Crippen molar-refractivity contribution in [3.8, 4) is 0 Å². The summed E-state index contributed by atoms with van der Waals surface area (Å²) in [6, 6.07) is 19.0. The van der Waals surface area contributed by atoms with Gasteiger partial charge in [0.25, 0.3) is 0 Å². The fraction of sp³-hybridized carbons (Fsp3) is 0.179. The fourth-order valence-corrected chi connectivity index (χ4v) is 6.09. The number of rotatable bonds is 3. The summed E-state index contributed by atoms with van der Waals surface area (Å²) in [6.07, 6.45) is 3.61. The van der Waals surface area contributed by atoms with E-state index < -0.39 is 29.2 Å². The molecule has 3 aliphatic rings. The van der Waals surface area contributed by atoms with E-state index in [4.69, 9.17) is 0 Å². The van der Waals surface area contributed by atoms with Crippen LogP contribution in [0, 0.1) is 11.7 Å². The number of para-hydroxylation sites is 1. The number of fused-ring (bicyclic) bond motifs is 6. The van der Waals surface area contributed by atoms with Crippen LogP contribution in [0.4, 0.5) is 15.8 Å². The summed E-state index contributed by atoms with van der Waals surface area (Å²) in [5.41, 5.74) is 1.70. The van der Waals surface area contributed by atoms with Crippen LogP contribution in [-0.4, -0.2) is 29.6 Å². The van der Waals surface area contributed by atoms with Crippen molar-refractivity contribution in [1.82, 2.24) is 0 Å². The number of hydrogen-bond donors (Lipinski definition) is 1. The average Bonchev–Trinajstić information content (AvgIpc) is 3.32. The molecule has 1 saturated heterocycles. The molecule has 4 atom stereocenters. The van der Waals surface area contributed by atoms with Gasteiger partial charge in [0.05, 0.1) is 18.0 Å². The lowest BCUT2D eigenvalue weighted by Crippen LogP contribution is -2.51. The van der Waals surface area contributed by atoms with Crippen molar-refractivity contribution in [2.24, 2.45) is 5.92 Å². The molecule has 34 heavy (non-hydrogen) atoms. The molecule has 3 heterocycles. The smallest absolute Gasteiger partial charge is 0.238 e. The van der Waals surface area contributed by atoms with Crippen LogP contribution in [0.1, 0.15) is 28.4 Å². The normalized spacial score (nSPS) is 26.1. The molecule has 3 aliphatic heterocycles. The maximum Gasteiger partial charge on any atom is 0.238 e.